The van der Waals surface area contributed by atoms with Gasteiger partial charge in [0.05, 0.1) is 6.61 Å². The molecular weight excluding hydrogens is 309 g/mol. The zero-order valence-corrected chi connectivity index (χ0v) is 13.3. The van der Waals surface area contributed by atoms with Crippen molar-refractivity contribution in [3.05, 3.63) is 39.6 Å². The molecule has 0 unspecified atom stereocenters. The molecule has 0 aliphatic heterocycles. The molecule has 0 bridgehead atoms. The molecule has 1 rings (SSSR count). The minimum absolute atomic E-state index is 0.228. The molecule has 4 heteroatoms. The summed E-state index contributed by atoms with van der Waals surface area (Å²) in [4.78, 5) is 0. The summed E-state index contributed by atoms with van der Waals surface area (Å²) in [5.41, 5.74) is 2.28. The molecule has 0 aliphatic rings. The van der Waals surface area contributed by atoms with Gasteiger partial charge >= 0.3 is 0 Å². The van der Waals surface area contributed by atoms with E-state index in [1.807, 2.05) is 0 Å². The highest BCUT2D eigenvalue weighted by Gasteiger charge is 2.05. The van der Waals surface area contributed by atoms with Crippen LogP contribution in [-0.2, 0) is 4.74 Å². The number of benzene rings is 1. The second-order valence-electron chi connectivity index (χ2n) is 4.71. The van der Waals surface area contributed by atoms with Crippen LogP contribution in [0, 0.1) is 11.7 Å². The van der Waals surface area contributed by atoms with E-state index in [1.165, 1.54) is 17.7 Å². The van der Waals surface area contributed by atoms with Gasteiger partial charge in [-0.2, -0.15) is 0 Å². The molecule has 0 aromatic heterocycles. The largest absolute Gasteiger partial charge is 0.383 e. The molecule has 0 fully saturated rings. The normalized spacial score (nSPS) is 12.2. The number of hydrogen-bond acceptors (Lipinski definition) is 2. The molecule has 1 N–H and O–H groups in total. The second kappa shape index (κ2) is 8.46. The Labute approximate surface area is 123 Å². The van der Waals surface area contributed by atoms with E-state index in [0.717, 1.165) is 23.1 Å². The predicted molar refractivity (Wildman–Crippen MR) is 81.7 cm³/mol. The van der Waals surface area contributed by atoms with Crippen LogP contribution in [-0.4, -0.2) is 26.8 Å². The van der Waals surface area contributed by atoms with Crippen LogP contribution in [0.25, 0.3) is 6.08 Å². The molecule has 2 nitrogen and oxygen atoms in total. The zero-order chi connectivity index (χ0) is 14.3. The Bertz CT molecular complexity index is 432. The molecule has 1 aromatic rings. The molecule has 1 aromatic carbocycles. The lowest BCUT2D eigenvalue weighted by atomic mass is 10.00. The summed E-state index contributed by atoms with van der Waals surface area (Å²) in [6.45, 7) is 6.64. The van der Waals surface area contributed by atoms with E-state index in [4.69, 9.17) is 4.74 Å². The van der Waals surface area contributed by atoms with Gasteiger partial charge in [0.2, 0.25) is 0 Å². The first-order valence-electron chi connectivity index (χ1n) is 6.39. The summed E-state index contributed by atoms with van der Waals surface area (Å²) in [5.74, 6) is 0.209. The molecule has 0 aliphatic carbocycles. The average molecular weight is 330 g/mol. The van der Waals surface area contributed by atoms with Crippen molar-refractivity contribution in [2.24, 2.45) is 5.92 Å². The number of hydrogen-bond donors (Lipinski definition) is 1. The molecule has 0 spiro atoms. The van der Waals surface area contributed by atoms with Gasteiger partial charge in [0.15, 0.2) is 0 Å². The lowest BCUT2D eigenvalue weighted by Gasteiger charge is -2.13. The van der Waals surface area contributed by atoms with Gasteiger partial charge in [0.25, 0.3) is 0 Å². The van der Waals surface area contributed by atoms with Crippen molar-refractivity contribution in [1.29, 1.82) is 0 Å². The Kier molecular flexibility index (Phi) is 7.28. The highest BCUT2D eigenvalue weighted by molar-refractivity contribution is 9.10. The predicted octanol–water partition coefficient (Wildman–Crippen LogP) is 3.86. The number of methoxy groups -OCH3 is 1. The van der Waals surface area contributed by atoms with Crippen molar-refractivity contribution in [3.8, 4) is 0 Å². The topological polar surface area (TPSA) is 21.3 Å². The molecule has 0 radical (unpaired) electrons. The third kappa shape index (κ3) is 5.85. The maximum Gasteiger partial charge on any atom is 0.124 e. The molecular formula is C15H21BrFNO. The minimum Gasteiger partial charge on any atom is -0.383 e. The fourth-order valence-electron chi connectivity index (χ4n) is 1.65. The fraction of sp³-hybridized carbons (Fsp3) is 0.467. The number of nitrogens with one attached hydrogen (secondary N) is 1. The number of halogens is 2. The summed E-state index contributed by atoms with van der Waals surface area (Å²) in [5, 5.41) is 3.34. The Morgan fingerprint density at radius 1 is 1.47 bits per heavy atom. The van der Waals surface area contributed by atoms with Crippen molar-refractivity contribution in [2.75, 3.05) is 26.8 Å². The Morgan fingerprint density at radius 2 is 2.21 bits per heavy atom. The second-order valence-corrected chi connectivity index (χ2v) is 5.56. The van der Waals surface area contributed by atoms with Crippen molar-refractivity contribution in [2.45, 2.75) is 13.8 Å². The van der Waals surface area contributed by atoms with E-state index in [2.05, 4.69) is 41.2 Å². The smallest absolute Gasteiger partial charge is 0.124 e. The van der Waals surface area contributed by atoms with Crippen molar-refractivity contribution >= 4 is 22.0 Å². The molecule has 19 heavy (non-hydrogen) atoms. The van der Waals surface area contributed by atoms with E-state index in [-0.39, 0.29) is 5.82 Å². The van der Waals surface area contributed by atoms with Gasteiger partial charge < -0.3 is 10.1 Å². The van der Waals surface area contributed by atoms with Gasteiger partial charge in [0.1, 0.15) is 5.82 Å². The van der Waals surface area contributed by atoms with E-state index in [9.17, 15) is 4.39 Å². The Hall–Kier alpha value is -0.710. The number of ether oxygens (including phenoxy) is 1. The Balaban J connectivity index is 2.76. The van der Waals surface area contributed by atoms with E-state index in [0.29, 0.717) is 12.5 Å². The first kappa shape index (κ1) is 16.3. The minimum atomic E-state index is -0.228. The van der Waals surface area contributed by atoms with Crippen LogP contribution >= 0.6 is 15.9 Å². The lowest BCUT2D eigenvalue weighted by molar-refractivity contribution is 0.200. The molecule has 0 amide bonds. The average Bonchev–Trinajstić information content (AvgIpc) is 2.35. The van der Waals surface area contributed by atoms with Crippen LogP contribution in [0.2, 0.25) is 0 Å². The summed E-state index contributed by atoms with van der Waals surface area (Å²) < 4.78 is 18.8. The SMILES string of the molecule is COCCNC/C(=C/c1ccc(F)cc1Br)C(C)C. The summed E-state index contributed by atoms with van der Waals surface area (Å²) in [6, 6.07) is 4.76. The van der Waals surface area contributed by atoms with E-state index >= 15 is 0 Å². The number of rotatable bonds is 7. The third-order valence-corrected chi connectivity index (χ3v) is 3.54. The van der Waals surface area contributed by atoms with Crippen molar-refractivity contribution < 1.29 is 9.13 Å². The zero-order valence-electron chi connectivity index (χ0n) is 11.7. The van der Waals surface area contributed by atoms with E-state index in [1.54, 1.807) is 13.2 Å². The van der Waals surface area contributed by atoms with Crippen LogP contribution < -0.4 is 5.32 Å². The standard InChI is InChI=1S/C15H21BrFNO/c1-11(2)13(10-18-6-7-19-3)8-12-4-5-14(17)9-15(12)16/h4-5,8-9,11,18H,6-7,10H2,1-3H3/b13-8-. The van der Waals surface area contributed by atoms with Gasteiger partial charge in [-0.05, 0) is 23.6 Å². The highest BCUT2D eigenvalue weighted by Crippen LogP contribution is 2.22. The maximum absolute atomic E-state index is 13.1. The van der Waals surface area contributed by atoms with Crippen molar-refractivity contribution in [3.63, 3.8) is 0 Å². The van der Waals surface area contributed by atoms with Gasteiger partial charge in [-0.1, -0.05) is 47.5 Å². The molecule has 0 atom stereocenters. The van der Waals surface area contributed by atoms with Gasteiger partial charge in [0, 0.05) is 24.7 Å². The molecule has 0 saturated heterocycles. The summed E-state index contributed by atoms with van der Waals surface area (Å²) in [6.07, 6.45) is 2.11. The van der Waals surface area contributed by atoms with Crippen LogP contribution in [0.3, 0.4) is 0 Å². The van der Waals surface area contributed by atoms with Crippen LogP contribution in [0.4, 0.5) is 4.39 Å². The lowest BCUT2D eigenvalue weighted by Crippen LogP contribution is -2.23. The Morgan fingerprint density at radius 3 is 2.79 bits per heavy atom. The molecule has 0 saturated carbocycles. The van der Waals surface area contributed by atoms with Gasteiger partial charge in [-0.15, -0.1) is 0 Å². The van der Waals surface area contributed by atoms with Gasteiger partial charge in [-0.25, -0.2) is 4.39 Å². The highest BCUT2D eigenvalue weighted by atomic mass is 79.9. The van der Waals surface area contributed by atoms with Gasteiger partial charge in [-0.3, -0.25) is 0 Å². The molecule has 0 heterocycles. The molecule has 106 valence electrons. The fourth-order valence-corrected chi connectivity index (χ4v) is 2.11. The first-order valence-corrected chi connectivity index (χ1v) is 7.19. The van der Waals surface area contributed by atoms with Crippen LogP contribution in [0.5, 0.6) is 0 Å². The van der Waals surface area contributed by atoms with Crippen LogP contribution in [0.1, 0.15) is 19.4 Å². The third-order valence-electron chi connectivity index (χ3n) is 2.86. The summed E-state index contributed by atoms with van der Waals surface area (Å²) in [7, 11) is 1.69. The first-order chi connectivity index (χ1) is 9.04. The van der Waals surface area contributed by atoms with Crippen molar-refractivity contribution in [1.82, 2.24) is 5.32 Å². The van der Waals surface area contributed by atoms with Crippen LogP contribution in [0.15, 0.2) is 28.2 Å². The quantitative estimate of drug-likeness (QED) is 0.767. The maximum atomic E-state index is 13.1. The van der Waals surface area contributed by atoms with E-state index < -0.39 is 0 Å². The monoisotopic (exact) mass is 329 g/mol. The summed E-state index contributed by atoms with van der Waals surface area (Å²) >= 11 is 3.39.